The van der Waals surface area contributed by atoms with E-state index in [1.54, 1.807) is 0 Å². The molecule has 2 aliphatic heterocycles. The van der Waals surface area contributed by atoms with Gasteiger partial charge in [-0.15, -0.1) is 0 Å². The monoisotopic (exact) mass is 220 g/mol. The molecule has 0 amide bonds. The van der Waals surface area contributed by atoms with Gasteiger partial charge in [-0.3, -0.25) is 4.90 Å². The Morgan fingerprint density at radius 1 is 1.62 bits per heavy atom. The molecule has 3 aliphatic rings. The van der Waals surface area contributed by atoms with Gasteiger partial charge >= 0.3 is 0 Å². The minimum atomic E-state index is 0.0737. The molecule has 1 aromatic heterocycles. The fourth-order valence-corrected chi connectivity index (χ4v) is 4.18. The van der Waals surface area contributed by atoms with Gasteiger partial charge in [0.05, 0.1) is 12.3 Å². The van der Waals surface area contributed by atoms with Crippen LogP contribution in [-0.2, 0) is 6.42 Å². The summed E-state index contributed by atoms with van der Waals surface area (Å²) in [5.74, 6) is 0.550. The van der Waals surface area contributed by atoms with Crippen molar-refractivity contribution in [3.63, 3.8) is 0 Å². The Labute approximate surface area is 94.2 Å². The molecule has 4 rings (SSSR count). The van der Waals surface area contributed by atoms with Crippen LogP contribution in [0.2, 0.25) is 0 Å². The number of rotatable bonds is 1. The van der Waals surface area contributed by atoms with E-state index in [0.717, 1.165) is 31.5 Å². The van der Waals surface area contributed by atoms with Crippen LogP contribution in [0.3, 0.4) is 0 Å². The number of aliphatic hydroxyl groups is 1. The molecule has 3 unspecified atom stereocenters. The SMILES string of the molecule is OCC12CCCN1C1Cc3nocc3C1C2. The molecule has 0 aromatic carbocycles. The Hall–Kier alpha value is -0.870. The lowest BCUT2D eigenvalue weighted by atomic mass is 9.88. The van der Waals surface area contributed by atoms with Crippen molar-refractivity contribution >= 4 is 0 Å². The molecule has 1 aliphatic carbocycles. The van der Waals surface area contributed by atoms with E-state index in [-0.39, 0.29) is 5.54 Å². The third-order valence-electron chi connectivity index (χ3n) is 4.89. The number of nitrogens with zero attached hydrogens (tertiary/aromatic N) is 2. The van der Waals surface area contributed by atoms with E-state index in [9.17, 15) is 5.11 Å². The van der Waals surface area contributed by atoms with E-state index in [0.29, 0.717) is 18.6 Å². The molecule has 16 heavy (non-hydrogen) atoms. The highest BCUT2D eigenvalue weighted by molar-refractivity contribution is 5.34. The first kappa shape index (κ1) is 9.19. The van der Waals surface area contributed by atoms with Crippen molar-refractivity contribution in [1.29, 1.82) is 0 Å². The van der Waals surface area contributed by atoms with E-state index in [1.165, 1.54) is 12.0 Å². The Balaban J connectivity index is 1.75. The van der Waals surface area contributed by atoms with Crippen molar-refractivity contribution < 1.29 is 9.63 Å². The van der Waals surface area contributed by atoms with Crippen LogP contribution >= 0.6 is 0 Å². The zero-order valence-electron chi connectivity index (χ0n) is 9.22. The first-order chi connectivity index (χ1) is 7.84. The summed E-state index contributed by atoms with van der Waals surface area (Å²) in [6, 6.07) is 0.573. The largest absolute Gasteiger partial charge is 0.394 e. The maximum atomic E-state index is 9.70. The van der Waals surface area contributed by atoms with Gasteiger partial charge in [0, 0.05) is 29.5 Å². The lowest BCUT2D eigenvalue weighted by molar-refractivity contribution is 0.0777. The van der Waals surface area contributed by atoms with Crippen LogP contribution in [-0.4, -0.2) is 39.9 Å². The highest BCUT2D eigenvalue weighted by atomic mass is 16.5. The zero-order chi connectivity index (χ0) is 10.8. The molecule has 0 saturated carbocycles. The number of hydrogen-bond donors (Lipinski definition) is 1. The van der Waals surface area contributed by atoms with Gasteiger partial charge in [-0.25, -0.2) is 0 Å². The lowest BCUT2D eigenvalue weighted by Crippen LogP contribution is -2.45. The highest BCUT2D eigenvalue weighted by Crippen LogP contribution is 2.53. The average Bonchev–Trinajstić information content (AvgIpc) is 2.95. The maximum Gasteiger partial charge on any atom is 0.127 e. The summed E-state index contributed by atoms with van der Waals surface area (Å²) in [6.07, 6.45) is 6.29. The van der Waals surface area contributed by atoms with Crippen LogP contribution in [0.25, 0.3) is 0 Å². The summed E-state index contributed by atoms with van der Waals surface area (Å²) >= 11 is 0. The minimum Gasteiger partial charge on any atom is -0.394 e. The zero-order valence-corrected chi connectivity index (χ0v) is 9.22. The van der Waals surface area contributed by atoms with Gasteiger partial charge in [-0.2, -0.15) is 0 Å². The lowest BCUT2D eigenvalue weighted by Gasteiger charge is -2.32. The molecule has 1 N–H and O–H groups in total. The van der Waals surface area contributed by atoms with Crippen LogP contribution in [0.5, 0.6) is 0 Å². The van der Waals surface area contributed by atoms with E-state index >= 15 is 0 Å². The molecular formula is C12H16N2O2. The molecule has 4 nitrogen and oxygen atoms in total. The van der Waals surface area contributed by atoms with Crippen molar-refractivity contribution in [3.8, 4) is 0 Å². The van der Waals surface area contributed by atoms with E-state index in [1.807, 2.05) is 6.26 Å². The summed E-state index contributed by atoms with van der Waals surface area (Å²) < 4.78 is 5.05. The average molecular weight is 220 g/mol. The van der Waals surface area contributed by atoms with Crippen molar-refractivity contribution in [3.05, 3.63) is 17.5 Å². The van der Waals surface area contributed by atoms with Crippen molar-refractivity contribution in [2.75, 3.05) is 13.2 Å². The summed E-state index contributed by atoms with van der Waals surface area (Å²) in [7, 11) is 0. The van der Waals surface area contributed by atoms with Crippen LogP contribution in [0.1, 0.15) is 36.4 Å². The van der Waals surface area contributed by atoms with E-state index in [2.05, 4.69) is 10.1 Å². The normalized spacial score (nSPS) is 41.1. The van der Waals surface area contributed by atoms with Gasteiger partial charge in [0.1, 0.15) is 6.26 Å². The van der Waals surface area contributed by atoms with E-state index in [4.69, 9.17) is 4.52 Å². The Bertz CT molecular complexity index is 430. The van der Waals surface area contributed by atoms with Gasteiger partial charge < -0.3 is 9.63 Å². The summed E-state index contributed by atoms with van der Waals surface area (Å²) in [5, 5.41) is 13.8. The third kappa shape index (κ3) is 0.908. The van der Waals surface area contributed by atoms with Crippen LogP contribution in [0.4, 0.5) is 0 Å². The van der Waals surface area contributed by atoms with Crippen molar-refractivity contribution in [2.24, 2.45) is 0 Å². The molecule has 1 aromatic rings. The molecular weight excluding hydrogens is 204 g/mol. The second kappa shape index (κ2) is 2.87. The summed E-state index contributed by atoms with van der Waals surface area (Å²) in [5.41, 5.74) is 2.52. The molecule has 0 bridgehead atoms. The van der Waals surface area contributed by atoms with Gasteiger partial charge in [0.15, 0.2) is 0 Å². The highest BCUT2D eigenvalue weighted by Gasteiger charge is 2.56. The van der Waals surface area contributed by atoms with Crippen LogP contribution < -0.4 is 0 Å². The number of aromatic nitrogens is 1. The standard InChI is InChI=1S/C12H16N2O2/c15-7-12-2-1-3-14(12)11-4-10-9(6-16-13-10)8(11)5-12/h6,8,11,15H,1-5,7H2. The predicted octanol–water partition coefficient (Wildman–Crippen LogP) is 0.913. The fraction of sp³-hybridized carbons (Fsp3) is 0.750. The Morgan fingerprint density at radius 3 is 3.44 bits per heavy atom. The first-order valence-electron chi connectivity index (χ1n) is 6.15. The second-order valence-electron chi connectivity index (χ2n) is 5.48. The third-order valence-corrected chi connectivity index (χ3v) is 4.89. The number of hydrogen-bond acceptors (Lipinski definition) is 4. The quantitative estimate of drug-likeness (QED) is 0.764. The van der Waals surface area contributed by atoms with Gasteiger partial charge in [0.2, 0.25) is 0 Å². The molecule has 0 spiro atoms. The van der Waals surface area contributed by atoms with Gasteiger partial charge in [-0.05, 0) is 25.8 Å². The van der Waals surface area contributed by atoms with Crippen LogP contribution in [0, 0.1) is 0 Å². The maximum absolute atomic E-state index is 9.70. The first-order valence-corrected chi connectivity index (χ1v) is 6.15. The minimum absolute atomic E-state index is 0.0737. The summed E-state index contributed by atoms with van der Waals surface area (Å²) in [4.78, 5) is 2.54. The molecule has 4 heteroatoms. The van der Waals surface area contributed by atoms with Crippen molar-refractivity contribution in [1.82, 2.24) is 10.1 Å². The predicted molar refractivity (Wildman–Crippen MR) is 57.1 cm³/mol. The van der Waals surface area contributed by atoms with Gasteiger partial charge in [0.25, 0.3) is 0 Å². The van der Waals surface area contributed by atoms with Crippen molar-refractivity contribution in [2.45, 2.75) is 43.2 Å². The number of aliphatic hydroxyl groups excluding tert-OH is 1. The molecule has 3 heterocycles. The number of fused-ring (bicyclic) bond motifs is 5. The second-order valence-corrected chi connectivity index (χ2v) is 5.48. The summed E-state index contributed by atoms with van der Waals surface area (Å²) in [6.45, 7) is 1.45. The molecule has 2 saturated heterocycles. The van der Waals surface area contributed by atoms with Gasteiger partial charge in [-0.1, -0.05) is 5.16 Å². The Morgan fingerprint density at radius 2 is 2.56 bits per heavy atom. The molecule has 86 valence electrons. The van der Waals surface area contributed by atoms with E-state index < -0.39 is 0 Å². The smallest absolute Gasteiger partial charge is 0.127 e. The molecule has 3 atom stereocenters. The molecule has 2 fully saturated rings. The Kier molecular flexibility index (Phi) is 1.65. The van der Waals surface area contributed by atoms with Crippen LogP contribution in [0.15, 0.2) is 10.8 Å². The molecule has 0 radical (unpaired) electrons. The topological polar surface area (TPSA) is 49.5 Å². The fourth-order valence-electron chi connectivity index (χ4n) is 4.18.